The van der Waals surface area contributed by atoms with E-state index >= 15 is 0 Å². The number of esters is 1. The number of rotatable bonds is 8. The van der Waals surface area contributed by atoms with Gasteiger partial charge in [-0.2, -0.15) is 0 Å². The van der Waals surface area contributed by atoms with E-state index in [1.165, 1.54) is 0 Å². The summed E-state index contributed by atoms with van der Waals surface area (Å²) in [7, 11) is 0. The number of amides is 1. The first-order chi connectivity index (χ1) is 10.6. The van der Waals surface area contributed by atoms with Crippen LogP contribution in [0.15, 0.2) is 30.3 Å². The lowest BCUT2D eigenvalue weighted by atomic mass is 10.2. The van der Waals surface area contributed by atoms with Gasteiger partial charge >= 0.3 is 12.1 Å². The number of hydrogen-bond donors (Lipinski definition) is 0. The highest BCUT2D eigenvalue weighted by Crippen LogP contribution is 2.06. The molecule has 1 aromatic rings. The van der Waals surface area contributed by atoms with Gasteiger partial charge in [0.05, 0.1) is 6.42 Å². The van der Waals surface area contributed by atoms with E-state index in [1.54, 1.807) is 11.8 Å². The van der Waals surface area contributed by atoms with Crippen LogP contribution in [0.3, 0.4) is 0 Å². The van der Waals surface area contributed by atoms with E-state index in [4.69, 9.17) is 9.47 Å². The molecule has 0 radical (unpaired) electrons. The van der Waals surface area contributed by atoms with E-state index in [-0.39, 0.29) is 6.42 Å². The Morgan fingerprint density at radius 2 is 1.64 bits per heavy atom. The highest BCUT2D eigenvalue weighted by atomic mass is 16.7. The molecule has 22 heavy (non-hydrogen) atoms. The van der Waals surface area contributed by atoms with Gasteiger partial charge in [-0.25, -0.2) is 4.79 Å². The molecule has 0 heterocycles. The number of benzene rings is 1. The Hall–Kier alpha value is -2.04. The van der Waals surface area contributed by atoms with Crippen LogP contribution in [0.1, 0.15) is 39.2 Å². The topological polar surface area (TPSA) is 55.8 Å². The third kappa shape index (κ3) is 6.61. The van der Waals surface area contributed by atoms with Gasteiger partial charge in [0.1, 0.15) is 0 Å². The maximum Gasteiger partial charge on any atom is 0.412 e. The average Bonchev–Trinajstić information content (AvgIpc) is 2.47. The lowest BCUT2D eigenvalue weighted by Crippen LogP contribution is -2.36. The fourth-order valence-corrected chi connectivity index (χ4v) is 2.06. The van der Waals surface area contributed by atoms with Crippen molar-refractivity contribution in [1.29, 1.82) is 0 Å². The Labute approximate surface area is 132 Å². The van der Waals surface area contributed by atoms with Crippen LogP contribution in [0.2, 0.25) is 0 Å². The molecule has 0 bridgehead atoms. The summed E-state index contributed by atoms with van der Waals surface area (Å²) in [6.45, 7) is 6.82. The molecule has 1 atom stereocenters. The second-order valence-corrected chi connectivity index (χ2v) is 5.09. The molecular weight excluding hydrogens is 282 g/mol. The van der Waals surface area contributed by atoms with Gasteiger partial charge in [-0.15, -0.1) is 0 Å². The van der Waals surface area contributed by atoms with Crippen molar-refractivity contribution in [2.24, 2.45) is 0 Å². The smallest absolute Gasteiger partial charge is 0.412 e. The quantitative estimate of drug-likeness (QED) is 0.546. The Morgan fingerprint density at radius 3 is 2.18 bits per heavy atom. The van der Waals surface area contributed by atoms with E-state index < -0.39 is 18.4 Å². The second-order valence-electron chi connectivity index (χ2n) is 5.09. The largest absolute Gasteiger partial charge is 0.425 e. The molecule has 5 nitrogen and oxygen atoms in total. The SMILES string of the molecule is CCCN(CCC)C(=O)OC(C)OC(=O)Cc1ccccc1. The molecule has 0 saturated heterocycles. The zero-order chi connectivity index (χ0) is 16.4. The van der Waals surface area contributed by atoms with Crippen LogP contribution in [0.25, 0.3) is 0 Å². The number of hydrogen-bond acceptors (Lipinski definition) is 4. The van der Waals surface area contributed by atoms with Crippen molar-refractivity contribution in [3.05, 3.63) is 35.9 Å². The predicted octanol–water partition coefficient (Wildman–Crippen LogP) is 3.38. The Morgan fingerprint density at radius 1 is 1.05 bits per heavy atom. The zero-order valence-electron chi connectivity index (χ0n) is 13.6. The van der Waals surface area contributed by atoms with E-state index in [2.05, 4.69) is 0 Å². The molecule has 0 aliphatic heterocycles. The third-order valence-corrected chi connectivity index (χ3v) is 3.00. The molecule has 5 heteroatoms. The lowest BCUT2D eigenvalue weighted by Gasteiger charge is -2.23. The molecule has 0 saturated carbocycles. The van der Waals surface area contributed by atoms with Crippen molar-refractivity contribution in [3.8, 4) is 0 Å². The van der Waals surface area contributed by atoms with Gasteiger partial charge in [0.15, 0.2) is 0 Å². The first-order valence-corrected chi connectivity index (χ1v) is 7.75. The summed E-state index contributed by atoms with van der Waals surface area (Å²) in [5.41, 5.74) is 0.865. The molecule has 1 aromatic carbocycles. The Balaban J connectivity index is 2.42. The van der Waals surface area contributed by atoms with Crippen molar-refractivity contribution in [1.82, 2.24) is 4.90 Å². The van der Waals surface area contributed by atoms with Gasteiger partial charge in [-0.05, 0) is 18.4 Å². The molecule has 1 unspecified atom stereocenters. The van der Waals surface area contributed by atoms with Crippen molar-refractivity contribution >= 4 is 12.1 Å². The normalized spacial score (nSPS) is 11.6. The highest BCUT2D eigenvalue weighted by Gasteiger charge is 2.19. The van der Waals surface area contributed by atoms with E-state index in [9.17, 15) is 9.59 Å². The van der Waals surface area contributed by atoms with Crippen molar-refractivity contribution in [2.75, 3.05) is 13.1 Å². The summed E-state index contributed by atoms with van der Waals surface area (Å²) in [6.07, 6.45) is 0.550. The van der Waals surface area contributed by atoms with Gasteiger partial charge in [0.2, 0.25) is 6.29 Å². The minimum atomic E-state index is -0.889. The standard InChI is InChI=1S/C17H25NO4/c1-4-11-18(12-5-2)17(20)22-14(3)21-16(19)13-15-9-7-6-8-10-15/h6-10,14H,4-5,11-13H2,1-3H3. The molecule has 0 spiro atoms. The fraction of sp³-hybridized carbons (Fsp3) is 0.529. The summed E-state index contributed by atoms with van der Waals surface area (Å²) < 4.78 is 10.3. The van der Waals surface area contributed by atoms with Gasteiger partial charge in [-0.3, -0.25) is 4.79 Å². The molecule has 1 amide bonds. The summed E-state index contributed by atoms with van der Waals surface area (Å²) in [5.74, 6) is -0.413. The molecule has 122 valence electrons. The predicted molar refractivity (Wildman–Crippen MR) is 84.3 cm³/mol. The highest BCUT2D eigenvalue weighted by molar-refractivity contribution is 5.73. The Kier molecular flexibility index (Phi) is 8.04. The van der Waals surface area contributed by atoms with Gasteiger partial charge in [0.25, 0.3) is 0 Å². The number of carbonyl (C=O) groups is 2. The first-order valence-electron chi connectivity index (χ1n) is 7.75. The van der Waals surface area contributed by atoms with Gasteiger partial charge in [-0.1, -0.05) is 44.2 Å². The second kappa shape index (κ2) is 9.82. The summed E-state index contributed by atoms with van der Waals surface area (Å²) in [6, 6.07) is 9.30. The summed E-state index contributed by atoms with van der Waals surface area (Å²) >= 11 is 0. The maximum absolute atomic E-state index is 12.0. The fourth-order valence-electron chi connectivity index (χ4n) is 2.06. The maximum atomic E-state index is 12.0. The number of nitrogens with zero attached hydrogens (tertiary/aromatic N) is 1. The minimum absolute atomic E-state index is 0.163. The van der Waals surface area contributed by atoms with Crippen LogP contribution in [0, 0.1) is 0 Å². The van der Waals surface area contributed by atoms with Crippen molar-refractivity contribution in [2.45, 2.75) is 46.3 Å². The molecule has 1 rings (SSSR count). The lowest BCUT2D eigenvalue weighted by molar-refractivity contribution is -0.165. The molecular formula is C17H25NO4. The van der Waals surface area contributed by atoms with E-state index in [0.29, 0.717) is 13.1 Å². The van der Waals surface area contributed by atoms with Crippen LogP contribution in [0.5, 0.6) is 0 Å². The van der Waals surface area contributed by atoms with Crippen molar-refractivity contribution in [3.63, 3.8) is 0 Å². The van der Waals surface area contributed by atoms with Crippen molar-refractivity contribution < 1.29 is 19.1 Å². The minimum Gasteiger partial charge on any atom is -0.425 e. The molecule has 0 aliphatic carbocycles. The van der Waals surface area contributed by atoms with Crippen LogP contribution in [0.4, 0.5) is 4.79 Å². The van der Waals surface area contributed by atoms with E-state index in [0.717, 1.165) is 18.4 Å². The monoisotopic (exact) mass is 307 g/mol. The molecule has 0 aliphatic rings. The summed E-state index contributed by atoms with van der Waals surface area (Å²) in [4.78, 5) is 25.4. The molecule has 0 fully saturated rings. The van der Waals surface area contributed by atoms with Crippen LogP contribution in [-0.4, -0.2) is 36.3 Å². The number of carbonyl (C=O) groups excluding carboxylic acids is 2. The summed E-state index contributed by atoms with van der Waals surface area (Å²) in [5, 5.41) is 0. The van der Waals surface area contributed by atoms with Crippen LogP contribution in [-0.2, 0) is 20.7 Å². The zero-order valence-corrected chi connectivity index (χ0v) is 13.6. The Bertz CT molecular complexity index is 455. The first kappa shape index (κ1) is 18.0. The van der Waals surface area contributed by atoms with Gasteiger partial charge < -0.3 is 14.4 Å². The molecule has 0 N–H and O–H groups in total. The van der Waals surface area contributed by atoms with Gasteiger partial charge in [0, 0.05) is 20.0 Å². The van der Waals surface area contributed by atoms with Crippen LogP contribution >= 0.6 is 0 Å². The molecule has 0 aromatic heterocycles. The third-order valence-electron chi connectivity index (χ3n) is 3.00. The number of ether oxygens (including phenoxy) is 2. The van der Waals surface area contributed by atoms with Crippen LogP contribution < -0.4 is 0 Å². The van der Waals surface area contributed by atoms with E-state index in [1.807, 2.05) is 44.2 Å². The average molecular weight is 307 g/mol.